The summed E-state index contributed by atoms with van der Waals surface area (Å²) in [6.07, 6.45) is 3.54. The number of hydrogen-bond donors (Lipinski definition) is 1. The normalized spacial score (nSPS) is 10.4. The van der Waals surface area contributed by atoms with Gasteiger partial charge < -0.3 is 5.73 Å². The summed E-state index contributed by atoms with van der Waals surface area (Å²) in [4.78, 5) is 8.58. The van der Waals surface area contributed by atoms with Gasteiger partial charge in [-0.2, -0.15) is 0 Å². The van der Waals surface area contributed by atoms with Crippen LogP contribution in [0, 0.1) is 0 Å². The molecule has 0 saturated heterocycles. The number of pyridine rings is 2. The van der Waals surface area contributed by atoms with E-state index in [1.807, 2.05) is 24.3 Å². The minimum atomic E-state index is 0.493. The molecule has 0 spiro atoms. The Labute approximate surface area is 107 Å². The van der Waals surface area contributed by atoms with Crippen molar-refractivity contribution in [1.29, 1.82) is 0 Å². The highest BCUT2D eigenvalue weighted by molar-refractivity contribution is 9.10. The van der Waals surface area contributed by atoms with Crippen molar-refractivity contribution in [3.05, 3.63) is 46.7 Å². The molecule has 0 atom stereocenters. The molecule has 0 unspecified atom stereocenters. The van der Waals surface area contributed by atoms with Crippen molar-refractivity contribution in [1.82, 2.24) is 9.97 Å². The second-order valence-electron chi connectivity index (χ2n) is 3.09. The molecule has 2 aromatic heterocycles. The summed E-state index contributed by atoms with van der Waals surface area (Å²) in [5.74, 6) is 0. The van der Waals surface area contributed by atoms with Gasteiger partial charge in [0.05, 0.1) is 0 Å². The Morgan fingerprint density at radius 1 is 1.25 bits per heavy atom. The fraction of sp³-hybridized carbons (Fsp3) is 0.0909. The first-order chi connectivity index (χ1) is 7.79. The fourth-order valence-electron chi connectivity index (χ4n) is 1.19. The van der Waals surface area contributed by atoms with E-state index < -0.39 is 0 Å². The van der Waals surface area contributed by atoms with E-state index in [1.165, 1.54) is 11.8 Å². The number of rotatable bonds is 3. The number of nitrogens with zero attached hydrogens (tertiary/aromatic N) is 2. The number of halogens is 1. The molecule has 82 valence electrons. The first kappa shape index (κ1) is 11.6. The maximum atomic E-state index is 5.65. The first-order valence-electron chi connectivity index (χ1n) is 4.73. The van der Waals surface area contributed by atoms with Crippen molar-refractivity contribution in [3.63, 3.8) is 0 Å². The zero-order valence-electron chi connectivity index (χ0n) is 8.43. The zero-order chi connectivity index (χ0) is 11.4. The van der Waals surface area contributed by atoms with E-state index in [0.717, 1.165) is 20.1 Å². The third kappa shape index (κ3) is 2.81. The van der Waals surface area contributed by atoms with Gasteiger partial charge in [-0.05, 0) is 51.5 Å². The molecular formula is C11H10BrN3S. The van der Waals surface area contributed by atoms with Gasteiger partial charge in [0.25, 0.3) is 0 Å². The second-order valence-corrected chi connectivity index (χ2v) is 5.01. The van der Waals surface area contributed by atoms with E-state index in [2.05, 4.69) is 25.9 Å². The number of aromatic nitrogens is 2. The molecule has 3 nitrogen and oxygen atoms in total. The summed E-state index contributed by atoms with van der Waals surface area (Å²) in [6, 6.07) is 7.78. The van der Waals surface area contributed by atoms with Gasteiger partial charge in [-0.25, -0.2) is 9.97 Å². The minimum Gasteiger partial charge on any atom is -0.326 e. The third-order valence-electron chi connectivity index (χ3n) is 1.97. The van der Waals surface area contributed by atoms with Crippen LogP contribution >= 0.6 is 27.7 Å². The van der Waals surface area contributed by atoms with Gasteiger partial charge in [-0.1, -0.05) is 6.07 Å². The SMILES string of the molecule is NCc1cccnc1Sc1ccc(Br)cn1. The van der Waals surface area contributed by atoms with Crippen molar-refractivity contribution in [2.45, 2.75) is 16.6 Å². The van der Waals surface area contributed by atoms with Crippen LogP contribution in [0.15, 0.2) is 51.2 Å². The largest absolute Gasteiger partial charge is 0.326 e. The van der Waals surface area contributed by atoms with Gasteiger partial charge in [-0.15, -0.1) is 0 Å². The summed E-state index contributed by atoms with van der Waals surface area (Å²) in [5.41, 5.74) is 6.69. The Balaban J connectivity index is 2.23. The van der Waals surface area contributed by atoms with Crippen molar-refractivity contribution in [2.75, 3.05) is 0 Å². The topological polar surface area (TPSA) is 51.8 Å². The highest BCUT2D eigenvalue weighted by Crippen LogP contribution is 2.27. The van der Waals surface area contributed by atoms with Gasteiger partial charge >= 0.3 is 0 Å². The predicted octanol–water partition coefficient (Wildman–Crippen LogP) is 2.85. The van der Waals surface area contributed by atoms with Crippen molar-refractivity contribution in [3.8, 4) is 0 Å². The molecule has 2 heterocycles. The highest BCUT2D eigenvalue weighted by Gasteiger charge is 2.04. The lowest BCUT2D eigenvalue weighted by atomic mass is 10.3. The van der Waals surface area contributed by atoms with Crippen LogP contribution in [0.3, 0.4) is 0 Å². The summed E-state index contributed by atoms with van der Waals surface area (Å²) < 4.78 is 0.969. The van der Waals surface area contributed by atoms with Gasteiger partial charge in [0.15, 0.2) is 0 Å². The molecule has 0 bridgehead atoms. The fourth-order valence-corrected chi connectivity index (χ4v) is 2.26. The Morgan fingerprint density at radius 2 is 2.12 bits per heavy atom. The van der Waals surface area contributed by atoms with E-state index in [1.54, 1.807) is 12.4 Å². The van der Waals surface area contributed by atoms with Crippen LogP contribution < -0.4 is 5.73 Å². The Hall–Kier alpha value is -0.910. The molecular weight excluding hydrogens is 286 g/mol. The maximum Gasteiger partial charge on any atom is 0.107 e. The van der Waals surface area contributed by atoms with Crippen LogP contribution in [-0.2, 0) is 6.54 Å². The monoisotopic (exact) mass is 295 g/mol. The quantitative estimate of drug-likeness (QED) is 0.946. The molecule has 2 rings (SSSR count). The van der Waals surface area contributed by atoms with Gasteiger partial charge in [0, 0.05) is 23.4 Å². The zero-order valence-corrected chi connectivity index (χ0v) is 10.8. The Morgan fingerprint density at radius 3 is 2.81 bits per heavy atom. The molecule has 5 heteroatoms. The standard InChI is InChI=1S/C11H10BrN3S/c12-9-3-4-10(15-7-9)16-11-8(6-13)2-1-5-14-11/h1-5,7H,6,13H2. The van der Waals surface area contributed by atoms with E-state index >= 15 is 0 Å². The van der Waals surface area contributed by atoms with Crippen LogP contribution in [0.1, 0.15) is 5.56 Å². The lowest BCUT2D eigenvalue weighted by Crippen LogP contribution is -1.99. The van der Waals surface area contributed by atoms with Crippen molar-refractivity contribution >= 4 is 27.7 Å². The number of hydrogen-bond acceptors (Lipinski definition) is 4. The molecule has 0 radical (unpaired) electrons. The van der Waals surface area contributed by atoms with E-state index in [9.17, 15) is 0 Å². The molecule has 16 heavy (non-hydrogen) atoms. The number of nitrogens with two attached hydrogens (primary N) is 1. The lowest BCUT2D eigenvalue weighted by Gasteiger charge is -2.04. The molecule has 0 aromatic carbocycles. The molecule has 0 amide bonds. The van der Waals surface area contributed by atoms with Gasteiger partial charge in [-0.3, -0.25) is 0 Å². The minimum absolute atomic E-state index is 0.493. The van der Waals surface area contributed by atoms with Crippen LogP contribution in [0.2, 0.25) is 0 Å². The molecule has 2 aromatic rings. The average Bonchev–Trinajstić information content (AvgIpc) is 2.33. The summed E-state index contributed by atoms with van der Waals surface area (Å²) in [7, 11) is 0. The van der Waals surface area contributed by atoms with E-state index in [-0.39, 0.29) is 0 Å². The van der Waals surface area contributed by atoms with Crippen LogP contribution in [0.4, 0.5) is 0 Å². The van der Waals surface area contributed by atoms with Crippen molar-refractivity contribution in [2.24, 2.45) is 5.73 Å². The smallest absolute Gasteiger partial charge is 0.107 e. The van der Waals surface area contributed by atoms with Gasteiger partial charge in [0.1, 0.15) is 10.1 Å². The first-order valence-corrected chi connectivity index (χ1v) is 6.34. The highest BCUT2D eigenvalue weighted by atomic mass is 79.9. The van der Waals surface area contributed by atoms with Crippen molar-refractivity contribution < 1.29 is 0 Å². The molecule has 0 aliphatic carbocycles. The van der Waals surface area contributed by atoms with Crippen LogP contribution in [0.25, 0.3) is 0 Å². The maximum absolute atomic E-state index is 5.65. The molecule has 0 aliphatic rings. The summed E-state index contributed by atoms with van der Waals surface area (Å²) >= 11 is 4.88. The molecule has 2 N–H and O–H groups in total. The Kier molecular flexibility index (Phi) is 3.93. The molecule has 0 fully saturated rings. The van der Waals surface area contributed by atoms with E-state index in [4.69, 9.17) is 5.73 Å². The summed E-state index contributed by atoms with van der Waals surface area (Å²) in [5, 5.41) is 1.83. The predicted molar refractivity (Wildman–Crippen MR) is 68.2 cm³/mol. The lowest BCUT2D eigenvalue weighted by molar-refractivity contribution is 0.959. The van der Waals surface area contributed by atoms with Crippen LogP contribution in [-0.4, -0.2) is 9.97 Å². The third-order valence-corrected chi connectivity index (χ3v) is 3.45. The van der Waals surface area contributed by atoms with Crippen LogP contribution in [0.5, 0.6) is 0 Å². The summed E-state index contributed by atoms with van der Waals surface area (Å²) in [6.45, 7) is 0.493. The molecule has 0 saturated carbocycles. The Bertz CT molecular complexity index is 473. The average molecular weight is 296 g/mol. The molecule has 0 aliphatic heterocycles. The van der Waals surface area contributed by atoms with E-state index in [0.29, 0.717) is 6.54 Å². The second kappa shape index (κ2) is 5.43. The van der Waals surface area contributed by atoms with Gasteiger partial charge in [0.2, 0.25) is 0 Å².